The number of aliphatic hydroxyl groups is 3. The summed E-state index contributed by atoms with van der Waals surface area (Å²) in [6, 6.07) is 0. The van der Waals surface area contributed by atoms with Crippen LogP contribution in [0.15, 0.2) is 12.8 Å². The Bertz CT molecular complexity index is 486. The zero-order chi connectivity index (χ0) is 26.2. The van der Waals surface area contributed by atoms with Gasteiger partial charge in [0.2, 0.25) is 0 Å². The van der Waals surface area contributed by atoms with Gasteiger partial charge >= 0.3 is 5.97 Å². The summed E-state index contributed by atoms with van der Waals surface area (Å²) in [6.45, 7) is 8.00. The molecule has 35 heavy (non-hydrogen) atoms. The maximum Gasteiger partial charge on any atom is 0.305 e. The molecule has 1 rings (SSSR count). The highest BCUT2D eigenvalue weighted by Gasteiger charge is 2.39. The molecule has 0 aliphatic carbocycles. The third kappa shape index (κ3) is 19.7. The first-order chi connectivity index (χ1) is 17.0. The minimum absolute atomic E-state index is 0.0179. The van der Waals surface area contributed by atoms with E-state index in [-0.39, 0.29) is 19.2 Å². The average Bonchev–Trinajstić information content (AvgIpc) is 3.19. The van der Waals surface area contributed by atoms with Crippen LogP contribution in [0.1, 0.15) is 117 Å². The number of carbonyl (C=O) groups excluding carboxylic acids is 1. The number of ether oxygens (including phenoxy) is 3. The molecule has 0 amide bonds. The standard InChI is InChI=1S/C24H46O6.C4H8O/c1-2-3-4-5-6-7-8-9-10-11-12-13-14-15-16-17-22(27)29-19-21(26)24-23(28)20(25)18-30-24;1-3-5-4-2/h20-21,23-26,28H,2-19H2,1H3;3H,1,4H2,2H3/t20-,21+,23+,24+;/m0./s1. The van der Waals surface area contributed by atoms with Crippen LogP contribution in [0, 0.1) is 0 Å². The van der Waals surface area contributed by atoms with Crippen LogP contribution in [0.3, 0.4) is 0 Å². The molecule has 1 aliphatic rings. The molecule has 4 atom stereocenters. The van der Waals surface area contributed by atoms with Crippen LogP contribution in [-0.4, -0.2) is 65.5 Å². The van der Waals surface area contributed by atoms with Crippen molar-refractivity contribution < 1.29 is 34.3 Å². The monoisotopic (exact) mass is 502 g/mol. The van der Waals surface area contributed by atoms with E-state index in [1.165, 1.54) is 83.3 Å². The van der Waals surface area contributed by atoms with Gasteiger partial charge in [0.05, 0.1) is 19.5 Å². The molecule has 208 valence electrons. The highest BCUT2D eigenvalue weighted by Crippen LogP contribution is 2.18. The highest BCUT2D eigenvalue weighted by molar-refractivity contribution is 5.69. The number of aliphatic hydroxyl groups excluding tert-OH is 3. The molecular weight excluding hydrogens is 448 g/mol. The molecule has 0 bridgehead atoms. The highest BCUT2D eigenvalue weighted by atomic mass is 16.6. The van der Waals surface area contributed by atoms with E-state index in [0.717, 1.165) is 25.9 Å². The van der Waals surface area contributed by atoms with Crippen LogP contribution in [0.4, 0.5) is 0 Å². The Morgan fingerprint density at radius 3 is 1.77 bits per heavy atom. The summed E-state index contributed by atoms with van der Waals surface area (Å²) < 4.78 is 14.8. The maximum absolute atomic E-state index is 11.8. The molecule has 7 heteroatoms. The van der Waals surface area contributed by atoms with E-state index in [9.17, 15) is 20.1 Å². The second-order valence-electron chi connectivity index (χ2n) is 9.43. The molecule has 0 unspecified atom stereocenters. The molecule has 0 saturated carbocycles. The Balaban J connectivity index is 0.00000209. The number of hydrogen-bond donors (Lipinski definition) is 3. The largest absolute Gasteiger partial charge is 0.502 e. The quantitative estimate of drug-likeness (QED) is 0.109. The van der Waals surface area contributed by atoms with Crippen LogP contribution in [0.25, 0.3) is 0 Å². The Hall–Kier alpha value is -1.15. The van der Waals surface area contributed by atoms with Gasteiger partial charge in [-0.2, -0.15) is 0 Å². The summed E-state index contributed by atoms with van der Waals surface area (Å²) >= 11 is 0. The molecule has 0 spiro atoms. The van der Waals surface area contributed by atoms with Gasteiger partial charge in [0, 0.05) is 6.42 Å². The zero-order valence-electron chi connectivity index (χ0n) is 22.5. The lowest BCUT2D eigenvalue weighted by atomic mass is 10.0. The van der Waals surface area contributed by atoms with Crippen LogP contribution < -0.4 is 0 Å². The number of carbonyl (C=O) groups is 1. The number of unbranched alkanes of at least 4 members (excludes halogenated alkanes) is 14. The van der Waals surface area contributed by atoms with Crippen molar-refractivity contribution in [1.82, 2.24) is 0 Å². The molecule has 1 aliphatic heterocycles. The zero-order valence-corrected chi connectivity index (χ0v) is 22.5. The Labute approximate surface area is 214 Å². The van der Waals surface area contributed by atoms with Crippen LogP contribution in [0.2, 0.25) is 0 Å². The number of hydrogen-bond acceptors (Lipinski definition) is 7. The number of rotatable bonds is 21. The first-order valence-electron chi connectivity index (χ1n) is 14.0. The second kappa shape index (κ2) is 24.5. The molecule has 1 heterocycles. The fourth-order valence-corrected chi connectivity index (χ4v) is 4.07. The SMILES string of the molecule is C=COCC.CCCCCCCCCCCCCCCCCC(=O)OC[C@@H](O)[C@H]1OC[C@H](O)[C@H]1O. The summed E-state index contributed by atoms with van der Waals surface area (Å²) in [4.78, 5) is 11.8. The molecule has 0 aromatic rings. The van der Waals surface area contributed by atoms with Crippen molar-refractivity contribution in [1.29, 1.82) is 0 Å². The molecule has 7 nitrogen and oxygen atoms in total. The lowest BCUT2D eigenvalue weighted by molar-refractivity contribution is -0.151. The molecule has 0 aromatic heterocycles. The van der Waals surface area contributed by atoms with Crippen LogP contribution in [0.5, 0.6) is 0 Å². The van der Waals surface area contributed by atoms with Crippen molar-refractivity contribution in [3.63, 3.8) is 0 Å². The fraction of sp³-hybridized carbons (Fsp3) is 0.893. The Morgan fingerprint density at radius 1 is 0.914 bits per heavy atom. The van der Waals surface area contributed by atoms with Gasteiger partial charge in [0.15, 0.2) is 0 Å². The third-order valence-corrected chi connectivity index (χ3v) is 6.25. The maximum atomic E-state index is 11.8. The minimum atomic E-state index is -1.14. The minimum Gasteiger partial charge on any atom is -0.502 e. The second-order valence-corrected chi connectivity index (χ2v) is 9.43. The van der Waals surface area contributed by atoms with Crippen molar-refractivity contribution >= 4 is 5.97 Å². The predicted octanol–water partition coefficient (Wildman–Crippen LogP) is 5.44. The van der Waals surface area contributed by atoms with Gasteiger partial charge in [-0.25, -0.2) is 0 Å². The van der Waals surface area contributed by atoms with Gasteiger partial charge in [-0.3, -0.25) is 4.79 Å². The normalized spacial score (nSPS) is 20.1. The van der Waals surface area contributed by atoms with Gasteiger partial charge < -0.3 is 29.5 Å². The fourth-order valence-electron chi connectivity index (χ4n) is 4.07. The molecule has 1 saturated heterocycles. The van der Waals surface area contributed by atoms with E-state index < -0.39 is 24.4 Å². The van der Waals surface area contributed by atoms with E-state index in [0.29, 0.717) is 6.42 Å². The predicted molar refractivity (Wildman–Crippen MR) is 140 cm³/mol. The van der Waals surface area contributed by atoms with Gasteiger partial charge in [-0.15, -0.1) is 0 Å². The van der Waals surface area contributed by atoms with Crippen molar-refractivity contribution in [2.45, 2.75) is 141 Å². The third-order valence-electron chi connectivity index (χ3n) is 6.25. The first-order valence-corrected chi connectivity index (χ1v) is 14.0. The smallest absolute Gasteiger partial charge is 0.305 e. The van der Waals surface area contributed by atoms with Gasteiger partial charge in [-0.1, -0.05) is 103 Å². The van der Waals surface area contributed by atoms with Crippen LogP contribution in [-0.2, 0) is 19.0 Å². The first kappa shape index (κ1) is 33.8. The summed E-state index contributed by atoms with van der Waals surface area (Å²) in [6.07, 6.45) is 16.8. The molecular formula is C28H54O7. The molecule has 0 radical (unpaired) electrons. The van der Waals surface area contributed by atoms with E-state index >= 15 is 0 Å². The summed E-state index contributed by atoms with van der Waals surface area (Å²) in [5, 5.41) is 29.0. The lowest BCUT2D eigenvalue weighted by Gasteiger charge is -2.20. The average molecular weight is 503 g/mol. The summed E-state index contributed by atoms with van der Waals surface area (Å²) in [5.41, 5.74) is 0. The summed E-state index contributed by atoms with van der Waals surface area (Å²) in [7, 11) is 0. The van der Waals surface area contributed by atoms with Crippen molar-refractivity contribution in [2.75, 3.05) is 19.8 Å². The van der Waals surface area contributed by atoms with Gasteiger partial charge in [-0.05, 0) is 13.3 Å². The van der Waals surface area contributed by atoms with Gasteiger partial charge in [0.25, 0.3) is 0 Å². The van der Waals surface area contributed by atoms with Gasteiger partial charge in [0.1, 0.15) is 31.0 Å². The van der Waals surface area contributed by atoms with Crippen molar-refractivity contribution in [3.05, 3.63) is 12.8 Å². The topological polar surface area (TPSA) is 105 Å². The van der Waals surface area contributed by atoms with E-state index in [1.807, 2.05) is 6.92 Å². The van der Waals surface area contributed by atoms with E-state index in [1.54, 1.807) is 0 Å². The Kier molecular flexibility index (Phi) is 23.7. The van der Waals surface area contributed by atoms with E-state index in [2.05, 4.69) is 18.2 Å². The lowest BCUT2D eigenvalue weighted by Crippen LogP contribution is -2.41. The molecule has 1 fully saturated rings. The van der Waals surface area contributed by atoms with Crippen molar-refractivity contribution in [3.8, 4) is 0 Å². The van der Waals surface area contributed by atoms with Crippen molar-refractivity contribution in [2.24, 2.45) is 0 Å². The van der Waals surface area contributed by atoms with Crippen LogP contribution >= 0.6 is 0 Å². The summed E-state index contributed by atoms with van der Waals surface area (Å²) in [5.74, 6) is -0.336. The molecule has 3 N–H and O–H groups in total. The Morgan fingerprint density at radius 2 is 1.40 bits per heavy atom. The molecule has 0 aromatic carbocycles. The van der Waals surface area contributed by atoms with E-state index in [4.69, 9.17) is 9.47 Å². The number of esters is 1.